The zero-order chi connectivity index (χ0) is 19.0. The molecule has 1 aromatic heterocycles. The molecule has 0 bridgehead atoms. The highest BCUT2D eigenvalue weighted by molar-refractivity contribution is 5.85. The van der Waals surface area contributed by atoms with Gasteiger partial charge in [-0.1, -0.05) is 29.8 Å². The Hall–Kier alpha value is -2.43. The predicted molar refractivity (Wildman–Crippen MR) is 107 cm³/mol. The first-order valence-corrected chi connectivity index (χ1v) is 9.87. The van der Waals surface area contributed by atoms with Gasteiger partial charge in [-0.25, -0.2) is 4.98 Å². The van der Waals surface area contributed by atoms with E-state index in [4.69, 9.17) is 4.98 Å². The van der Waals surface area contributed by atoms with E-state index in [2.05, 4.69) is 46.0 Å². The van der Waals surface area contributed by atoms with E-state index in [-0.39, 0.29) is 5.41 Å². The summed E-state index contributed by atoms with van der Waals surface area (Å²) < 4.78 is 0. The Labute approximate surface area is 161 Å². The summed E-state index contributed by atoms with van der Waals surface area (Å²) in [6, 6.07) is 8.48. The lowest BCUT2D eigenvalue weighted by Gasteiger charge is -2.39. The van der Waals surface area contributed by atoms with Crippen molar-refractivity contribution in [2.24, 2.45) is 5.41 Å². The van der Waals surface area contributed by atoms with Gasteiger partial charge in [-0.2, -0.15) is 0 Å². The fraction of sp³-hybridized carbons (Fsp3) is 0.500. The molecule has 2 saturated heterocycles. The molecule has 5 nitrogen and oxygen atoms in total. The molecule has 2 aromatic rings. The number of piperidine rings is 1. The molecule has 0 aliphatic carbocycles. The lowest BCUT2D eigenvalue weighted by atomic mass is 9.78. The fourth-order valence-electron chi connectivity index (χ4n) is 4.59. The summed E-state index contributed by atoms with van der Waals surface area (Å²) >= 11 is 0. The van der Waals surface area contributed by atoms with Crippen LogP contribution >= 0.6 is 0 Å². The number of hydrogen-bond acceptors (Lipinski definition) is 4. The van der Waals surface area contributed by atoms with Crippen LogP contribution in [0, 0.1) is 26.2 Å². The van der Waals surface area contributed by atoms with Crippen molar-refractivity contribution in [1.82, 2.24) is 14.9 Å². The van der Waals surface area contributed by atoms with Gasteiger partial charge in [0, 0.05) is 32.4 Å². The molecule has 2 aliphatic rings. The van der Waals surface area contributed by atoms with Gasteiger partial charge in [-0.05, 0) is 45.6 Å². The first-order chi connectivity index (χ1) is 13.0. The van der Waals surface area contributed by atoms with E-state index in [9.17, 15) is 4.79 Å². The van der Waals surface area contributed by atoms with Crippen molar-refractivity contribution in [3.05, 3.63) is 53.0 Å². The SMILES string of the molecule is Cc1cccc(CN2CCC[C@]3(CCN(c4nc(C)cnc4C)C3)C2=O)c1. The minimum atomic E-state index is -0.264. The molecule has 0 saturated carbocycles. The van der Waals surface area contributed by atoms with Crippen molar-refractivity contribution in [3.63, 3.8) is 0 Å². The van der Waals surface area contributed by atoms with Crippen LogP contribution in [0.5, 0.6) is 0 Å². The molecule has 2 fully saturated rings. The van der Waals surface area contributed by atoms with Crippen LogP contribution in [-0.4, -0.2) is 40.4 Å². The van der Waals surface area contributed by atoms with E-state index >= 15 is 0 Å². The van der Waals surface area contributed by atoms with Crippen molar-refractivity contribution in [2.75, 3.05) is 24.5 Å². The number of aromatic nitrogens is 2. The van der Waals surface area contributed by atoms with Crippen LogP contribution in [0.25, 0.3) is 0 Å². The second kappa shape index (κ2) is 6.95. The Morgan fingerprint density at radius 2 is 2.00 bits per heavy atom. The number of likely N-dealkylation sites (tertiary alicyclic amines) is 1. The number of nitrogens with zero attached hydrogens (tertiary/aromatic N) is 4. The minimum absolute atomic E-state index is 0.264. The van der Waals surface area contributed by atoms with Gasteiger partial charge in [0.1, 0.15) is 5.82 Å². The summed E-state index contributed by atoms with van der Waals surface area (Å²) in [5.41, 5.74) is 4.06. The van der Waals surface area contributed by atoms with Crippen molar-refractivity contribution >= 4 is 11.7 Å². The quantitative estimate of drug-likeness (QED) is 0.837. The summed E-state index contributed by atoms with van der Waals surface area (Å²) in [6.45, 7) is 9.28. The largest absolute Gasteiger partial charge is 0.354 e. The molecule has 1 atom stereocenters. The van der Waals surface area contributed by atoms with Gasteiger partial charge < -0.3 is 9.80 Å². The van der Waals surface area contributed by atoms with Crippen molar-refractivity contribution in [2.45, 2.75) is 46.6 Å². The summed E-state index contributed by atoms with van der Waals surface area (Å²) in [5.74, 6) is 1.26. The van der Waals surface area contributed by atoms with Crippen molar-refractivity contribution in [1.29, 1.82) is 0 Å². The lowest BCUT2D eigenvalue weighted by molar-refractivity contribution is -0.145. The minimum Gasteiger partial charge on any atom is -0.354 e. The normalized spacial score (nSPS) is 22.7. The maximum Gasteiger partial charge on any atom is 0.230 e. The number of carbonyl (C=O) groups excluding carboxylic acids is 1. The van der Waals surface area contributed by atoms with Crippen molar-refractivity contribution < 1.29 is 4.79 Å². The Bertz CT molecular complexity index is 865. The Kier molecular flexibility index (Phi) is 4.62. The van der Waals surface area contributed by atoms with Gasteiger partial charge in [0.2, 0.25) is 5.91 Å². The van der Waals surface area contributed by atoms with E-state index in [0.717, 1.165) is 56.1 Å². The second-order valence-electron chi connectivity index (χ2n) is 8.19. The third kappa shape index (κ3) is 3.43. The third-order valence-corrected chi connectivity index (χ3v) is 5.98. The zero-order valence-electron chi connectivity index (χ0n) is 16.5. The zero-order valence-corrected chi connectivity index (χ0v) is 16.5. The van der Waals surface area contributed by atoms with Gasteiger partial charge in [-0.15, -0.1) is 0 Å². The number of anilines is 1. The van der Waals surface area contributed by atoms with E-state index < -0.39 is 0 Å². The standard InChI is InChI=1S/C22H28N4O/c1-16-6-4-7-19(12-16)14-25-10-5-8-22(21(25)27)9-11-26(15-22)20-18(3)23-13-17(2)24-20/h4,6-7,12-13H,5,8-11,14-15H2,1-3H3/t22-/m1/s1. The number of benzene rings is 1. The van der Waals surface area contributed by atoms with Gasteiger partial charge in [0.25, 0.3) is 0 Å². The van der Waals surface area contributed by atoms with E-state index in [0.29, 0.717) is 12.5 Å². The highest BCUT2D eigenvalue weighted by Crippen LogP contribution is 2.42. The van der Waals surface area contributed by atoms with Crippen LogP contribution < -0.4 is 4.90 Å². The van der Waals surface area contributed by atoms with Crippen LogP contribution in [0.15, 0.2) is 30.5 Å². The molecule has 142 valence electrons. The molecule has 0 unspecified atom stereocenters. The van der Waals surface area contributed by atoms with Gasteiger partial charge in [-0.3, -0.25) is 9.78 Å². The maximum absolute atomic E-state index is 13.4. The number of rotatable bonds is 3. The Morgan fingerprint density at radius 3 is 2.81 bits per heavy atom. The van der Waals surface area contributed by atoms with Crippen LogP contribution in [0.3, 0.4) is 0 Å². The average Bonchev–Trinajstić information content (AvgIpc) is 3.06. The van der Waals surface area contributed by atoms with Gasteiger partial charge in [0.05, 0.1) is 16.8 Å². The van der Waals surface area contributed by atoms with E-state index in [1.165, 1.54) is 11.1 Å². The molecule has 3 heterocycles. The van der Waals surface area contributed by atoms with Gasteiger partial charge in [0.15, 0.2) is 0 Å². The highest BCUT2D eigenvalue weighted by Gasteiger charge is 2.48. The monoisotopic (exact) mass is 364 g/mol. The molecule has 4 rings (SSSR count). The molecule has 5 heteroatoms. The first kappa shape index (κ1) is 18.0. The van der Waals surface area contributed by atoms with Crippen LogP contribution in [0.4, 0.5) is 5.82 Å². The van der Waals surface area contributed by atoms with Gasteiger partial charge >= 0.3 is 0 Å². The topological polar surface area (TPSA) is 49.3 Å². The number of aryl methyl sites for hydroxylation is 3. The summed E-state index contributed by atoms with van der Waals surface area (Å²) in [4.78, 5) is 26.9. The summed E-state index contributed by atoms with van der Waals surface area (Å²) in [5, 5.41) is 0. The Balaban J connectivity index is 1.53. The van der Waals surface area contributed by atoms with Crippen LogP contribution in [0.1, 0.15) is 41.8 Å². The number of carbonyl (C=O) groups is 1. The second-order valence-corrected chi connectivity index (χ2v) is 8.19. The molecule has 1 amide bonds. The highest BCUT2D eigenvalue weighted by atomic mass is 16.2. The van der Waals surface area contributed by atoms with Crippen LogP contribution in [0.2, 0.25) is 0 Å². The molecule has 1 aromatic carbocycles. The molecule has 1 spiro atoms. The lowest BCUT2D eigenvalue weighted by Crippen LogP contribution is -2.49. The van der Waals surface area contributed by atoms with E-state index in [1.54, 1.807) is 6.20 Å². The number of amides is 1. The van der Waals surface area contributed by atoms with Crippen LogP contribution in [-0.2, 0) is 11.3 Å². The maximum atomic E-state index is 13.4. The summed E-state index contributed by atoms with van der Waals surface area (Å²) in [6.07, 6.45) is 4.76. The predicted octanol–water partition coefficient (Wildman–Crippen LogP) is 3.42. The average molecular weight is 364 g/mol. The van der Waals surface area contributed by atoms with E-state index in [1.807, 2.05) is 13.8 Å². The third-order valence-electron chi connectivity index (χ3n) is 5.98. The summed E-state index contributed by atoms with van der Waals surface area (Å²) in [7, 11) is 0. The smallest absolute Gasteiger partial charge is 0.230 e. The molecule has 27 heavy (non-hydrogen) atoms. The molecule has 0 N–H and O–H groups in total. The molecule has 2 aliphatic heterocycles. The first-order valence-electron chi connectivity index (χ1n) is 9.87. The molecule has 0 radical (unpaired) electrons. The fourth-order valence-corrected chi connectivity index (χ4v) is 4.59. The Morgan fingerprint density at radius 1 is 1.15 bits per heavy atom. The van der Waals surface area contributed by atoms with Crippen molar-refractivity contribution in [3.8, 4) is 0 Å². The molecular weight excluding hydrogens is 336 g/mol. The number of hydrogen-bond donors (Lipinski definition) is 0. The molecular formula is C22H28N4O.